The van der Waals surface area contributed by atoms with E-state index in [4.69, 9.17) is 9.72 Å². The molecule has 5 rings (SSSR count). The van der Waals surface area contributed by atoms with Gasteiger partial charge in [-0.05, 0) is 35.2 Å². The maximum atomic E-state index is 5.13. The highest BCUT2D eigenvalue weighted by molar-refractivity contribution is 5.79. The van der Waals surface area contributed by atoms with Crippen molar-refractivity contribution in [2.75, 3.05) is 13.7 Å². The SMILES string of the molecule is COc1ccc(-c2nc3c([nH]2)CN(Cc2ccc4[nH]ccc4c2)CC3)cn1. The zero-order valence-electron chi connectivity index (χ0n) is 15.2. The summed E-state index contributed by atoms with van der Waals surface area (Å²) in [6.45, 7) is 2.85. The molecule has 0 radical (unpaired) electrons. The quantitative estimate of drug-likeness (QED) is 0.585. The molecule has 0 saturated carbocycles. The van der Waals surface area contributed by atoms with Crippen LogP contribution in [0.1, 0.15) is 17.0 Å². The number of nitrogens with one attached hydrogen (secondary N) is 2. The highest BCUT2D eigenvalue weighted by atomic mass is 16.5. The van der Waals surface area contributed by atoms with Crippen molar-refractivity contribution in [2.24, 2.45) is 0 Å². The monoisotopic (exact) mass is 359 g/mol. The summed E-state index contributed by atoms with van der Waals surface area (Å²) < 4.78 is 5.13. The maximum Gasteiger partial charge on any atom is 0.212 e. The number of hydrogen-bond acceptors (Lipinski definition) is 4. The Morgan fingerprint density at radius 2 is 2.15 bits per heavy atom. The minimum absolute atomic E-state index is 0.612. The number of pyridine rings is 1. The second-order valence-electron chi connectivity index (χ2n) is 6.96. The summed E-state index contributed by atoms with van der Waals surface area (Å²) in [7, 11) is 1.62. The molecular weight excluding hydrogens is 338 g/mol. The Hall–Kier alpha value is -3.12. The van der Waals surface area contributed by atoms with E-state index in [1.54, 1.807) is 13.3 Å². The van der Waals surface area contributed by atoms with Crippen LogP contribution in [0.25, 0.3) is 22.3 Å². The van der Waals surface area contributed by atoms with Crippen LogP contribution >= 0.6 is 0 Å². The van der Waals surface area contributed by atoms with Gasteiger partial charge < -0.3 is 14.7 Å². The summed E-state index contributed by atoms with van der Waals surface area (Å²) >= 11 is 0. The van der Waals surface area contributed by atoms with E-state index in [2.05, 4.69) is 44.1 Å². The van der Waals surface area contributed by atoms with Crippen molar-refractivity contribution in [1.82, 2.24) is 24.8 Å². The molecule has 0 amide bonds. The number of methoxy groups -OCH3 is 1. The number of hydrogen-bond donors (Lipinski definition) is 2. The average molecular weight is 359 g/mol. The summed E-state index contributed by atoms with van der Waals surface area (Å²) in [4.78, 5) is 18.3. The van der Waals surface area contributed by atoms with Crippen LogP contribution in [0, 0.1) is 0 Å². The van der Waals surface area contributed by atoms with Gasteiger partial charge in [0, 0.05) is 55.6 Å². The fraction of sp³-hybridized carbons (Fsp3) is 0.238. The largest absolute Gasteiger partial charge is 0.481 e. The van der Waals surface area contributed by atoms with Crippen LogP contribution in [0.15, 0.2) is 48.8 Å². The van der Waals surface area contributed by atoms with Gasteiger partial charge in [0.05, 0.1) is 18.5 Å². The molecule has 0 aliphatic carbocycles. The van der Waals surface area contributed by atoms with Gasteiger partial charge in [-0.2, -0.15) is 0 Å². The van der Waals surface area contributed by atoms with Gasteiger partial charge in [0.25, 0.3) is 0 Å². The molecule has 3 aromatic heterocycles. The van der Waals surface area contributed by atoms with Gasteiger partial charge >= 0.3 is 0 Å². The highest BCUT2D eigenvalue weighted by Crippen LogP contribution is 2.25. The fourth-order valence-electron chi connectivity index (χ4n) is 3.72. The number of ether oxygens (including phenoxy) is 1. The van der Waals surface area contributed by atoms with Gasteiger partial charge in [0.1, 0.15) is 5.82 Å². The van der Waals surface area contributed by atoms with E-state index in [1.807, 2.05) is 18.3 Å². The number of imidazole rings is 1. The van der Waals surface area contributed by atoms with Crippen molar-refractivity contribution in [3.63, 3.8) is 0 Å². The molecule has 6 heteroatoms. The normalized spacial score (nSPS) is 14.4. The molecule has 0 spiro atoms. The van der Waals surface area contributed by atoms with Crippen molar-refractivity contribution >= 4 is 10.9 Å². The van der Waals surface area contributed by atoms with E-state index < -0.39 is 0 Å². The first-order valence-electron chi connectivity index (χ1n) is 9.15. The summed E-state index contributed by atoms with van der Waals surface area (Å²) in [5.41, 5.74) is 5.87. The second kappa shape index (κ2) is 6.55. The lowest BCUT2D eigenvalue weighted by molar-refractivity contribution is 0.241. The lowest BCUT2D eigenvalue weighted by atomic mass is 10.1. The van der Waals surface area contributed by atoms with E-state index in [9.17, 15) is 0 Å². The highest BCUT2D eigenvalue weighted by Gasteiger charge is 2.21. The zero-order valence-corrected chi connectivity index (χ0v) is 15.2. The van der Waals surface area contributed by atoms with Crippen molar-refractivity contribution in [1.29, 1.82) is 0 Å². The first-order chi connectivity index (χ1) is 13.3. The van der Waals surface area contributed by atoms with Crippen LogP contribution in [0.2, 0.25) is 0 Å². The number of H-pyrrole nitrogens is 2. The van der Waals surface area contributed by atoms with Crippen molar-refractivity contribution in [3.05, 3.63) is 65.7 Å². The number of aromatic amines is 2. The molecule has 0 unspecified atom stereocenters. The summed E-state index contributed by atoms with van der Waals surface area (Å²) in [5.74, 6) is 1.49. The first-order valence-corrected chi connectivity index (χ1v) is 9.15. The van der Waals surface area contributed by atoms with Crippen LogP contribution < -0.4 is 4.74 Å². The number of benzene rings is 1. The summed E-state index contributed by atoms with van der Waals surface area (Å²) in [5, 5.41) is 1.26. The maximum absolute atomic E-state index is 5.13. The Balaban J connectivity index is 1.33. The molecule has 1 aromatic carbocycles. The zero-order chi connectivity index (χ0) is 18.2. The Bertz CT molecular complexity index is 1080. The third kappa shape index (κ3) is 3.08. The molecular formula is C21H21N5O. The van der Waals surface area contributed by atoms with Gasteiger partial charge in [0.2, 0.25) is 5.88 Å². The number of rotatable bonds is 4. The van der Waals surface area contributed by atoms with E-state index in [-0.39, 0.29) is 0 Å². The molecule has 4 heterocycles. The molecule has 27 heavy (non-hydrogen) atoms. The van der Waals surface area contributed by atoms with Crippen molar-refractivity contribution < 1.29 is 4.74 Å². The van der Waals surface area contributed by atoms with Gasteiger partial charge in [-0.3, -0.25) is 4.90 Å². The molecule has 1 aliphatic heterocycles. The van der Waals surface area contributed by atoms with Crippen LogP contribution in [-0.4, -0.2) is 38.5 Å². The number of fused-ring (bicyclic) bond motifs is 2. The molecule has 136 valence electrons. The Labute approximate surface area is 157 Å². The van der Waals surface area contributed by atoms with E-state index >= 15 is 0 Å². The lowest BCUT2D eigenvalue weighted by Gasteiger charge is -2.26. The second-order valence-corrected chi connectivity index (χ2v) is 6.96. The Morgan fingerprint density at radius 1 is 1.19 bits per heavy atom. The van der Waals surface area contributed by atoms with Gasteiger partial charge in [-0.25, -0.2) is 9.97 Å². The predicted octanol–water partition coefficient (Wildman–Crippen LogP) is 3.52. The standard InChI is InChI=1S/C21H21N5O/c1-27-20-5-3-16(11-23-20)21-24-18-7-9-26(13-19(18)25-21)12-14-2-4-17-15(10-14)6-8-22-17/h2-6,8,10-11,22H,7,9,12-13H2,1H3,(H,24,25). The minimum Gasteiger partial charge on any atom is -0.481 e. The minimum atomic E-state index is 0.612. The van der Waals surface area contributed by atoms with Gasteiger partial charge in [-0.15, -0.1) is 0 Å². The molecule has 2 N–H and O–H groups in total. The topological polar surface area (TPSA) is 69.8 Å². The summed E-state index contributed by atoms with van der Waals surface area (Å²) in [6.07, 6.45) is 4.75. The van der Waals surface area contributed by atoms with Crippen LogP contribution in [-0.2, 0) is 19.5 Å². The van der Waals surface area contributed by atoms with E-state index in [0.29, 0.717) is 5.88 Å². The Morgan fingerprint density at radius 3 is 3.00 bits per heavy atom. The first kappa shape index (κ1) is 16.1. The van der Waals surface area contributed by atoms with E-state index in [1.165, 1.54) is 22.2 Å². The molecule has 6 nitrogen and oxygen atoms in total. The molecule has 0 atom stereocenters. The third-order valence-electron chi connectivity index (χ3n) is 5.15. The molecule has 4 aromatic rings. The fourth-order valence-corrected chi connectivity index (χ4v) is 3.72. The van der Waals surface area contributed by atoms with Crippen LogP contribution in [0.3, 0.4) is 0 Å². The van der Waals surface area contributed by atoms with Crippen molar-refractivity contribution in [3.8, 4) is 17.3 Å². The average Bonchev–Trinajstić information content (AvgIpc) is 3.34. The van der Waals surface area contributed by atoms with Crippen LogP contribution in [0.4, 0.5) is 0 Å². The Kier molecular flexibility index (Phi) is 3.90. The molecule has 0 fully saturated rings. The van der Waals surface area contributed by atoms with Gasteiger partial charge in [-0.1, -0.05) is 6.07 Å². The number of nitrogens with zero attached hydrogens (tertiary/aromatic N) is 3. The smallest absolute Gasteiger partial charge is 0.212 e. The van der Waals surface area contributed by atoms with Crippen molar-refractivity contribution in [2.45, 2.75) is 19.5 Å². The lowest BCUT2D eigenvalue weighted by Crippen LogP contribution is -2.30. The number of aromatic nitrogens is 4. The summed E-state index contributed by atoms with van der Waals surface area (Å²) in [6, 6.07) is 12.6. The third-order valence-corrected chi connectivity index (χ3v) is 5.15. The molecule has 0 saturated heterocycles. The molecule has 1 aliphatic rings. The van der Waals surface area contributed by atoms with Crippen LogP contribution in [0.5, 0.6) is 5.88 Å². The predicted molar refractivity (Wildman–Crippen MR) is 104 cm³/mol. The van der Waals surface area contributed by atoms with Gasteiger partial charge in [0.15, 0.2) is 0 Å². The van der Waals surface area contributed by atoms with E-state index in [0.717, 1.165) is 43.1 Å². The molecule has 0 bridgehead atoms.